The zero-order valence-electron chi connectivity index (χ0n) is 16.2. The first-order valence-corrected chi connectivity index (χ1v) is 9.97. The SMILES string of the molecule is Cc1cc(C)n(CCN(C(=O)c2cccc(F)c2)c2nc3c(F)cc(F)cc3s2)n1. The third-order valence-electron chi connectivity index (χ3n) is 4.59. The van der Waals surface area contributed by atoms with Gasteiger partial charge in [0, 0.05) is 23.9 Å². The molecule has 0 atom stereocenters. The number of hydrogen-bond acceptors (Lipinski definition) is 4. The second-order valence-corrected chi connectivity index (χ2v) is 7.86. The molecule has 0 aliphatic rings. The molecule has 0 bridgehead atoms. The molecular formula is C21H17F3N4OS. The van der Waals surface area contributed by atoms with Crippen LogP contribution in [0, 0.1) is 31.3 Å². The monoisotopic (exact) mass is 430 g/mol. The number of carbonyl (C=O) groups excluding carboxylic acids is 1. The molecule has 2 heterocycles. The lowest BCUT2D eigenvalue weighted by molar-refractivity contribution is 0.0985. The van der Waals surface area contributed by atoms with Gasteiger partial charge in [0.25, 0.3) is 5.91 Å². The Morgan fingerprint density at radius 3 is 2.60 bits per heavy atom. The van der Waals surface area contributed by atoms with Crippen LogP contribution >= 0.6 is 11.3 Å². The third kappa shape index (κ3) is 3.93. The van der Waals surface area contributed by atoms with E-state index in [4.69, 9.17) is 0 Å². The number of anilines is 1. The fourth-order valence-corrected chi connectivity index (χ4v) is 4.25. The van der Waals surface area contributed by atoms with Crippen LogP contribution in [0.3, 0.4) is 0 Å². The van der Waals surface area contributed by atoms with E-state index in [1.165, 1.54) is 29.2 Å². The van der Waals surface area contributed by atoms with E-state index in [1.54, 1.807) is 4.68 Å². The largest absolute Gasteiger partial charge is 0.282 e. The summed E-state index contributed by atoms with van der Waals surface area (Å²) in [6, 6.07) is 9.14. The predicted octanol–water partition coefficient (Wildman–Crippen LogP) is 4.87. The van der Waals surface area contributed by atoms with Gasteiger partial charge in [-0.2, -0.15) is 5.10 Å². The minimum absolute atomic E-state index is 0.0143. The van der Waals surface area contributed by atoms with Crippen LogP contribution in [0.2, 0.25) is 0 Å². The molecule has 2 aromatic carbocycles. The number of amides is 1. The highest BCUT2D eigenvalue weighted by atomic mass is 32.1. The van der Waals surface area contributed by atoms with Crippen molar-refractivity contribution >= 4 is 32.6 Å². The van der Waals surface area contributed by atoms with Gasteiger partial charge in [0.05, 0.1) is 16.9 Å². The van der Waals surface area contributed by atoms with E-state index < -0.39 is 23.4 Å². The van der Waals surface area contributed by atoms with Gasteiger partial charge in [-0.1, -0.05) is 17.4 Å². The Hall–Kier alpha value is -3.20. The van der Waals surface area contributed by atoms with Gasteiger partial charge in [0.15, 0.2) is 10.9 Å². The molecule has 0 saturated heterocycles. The van der Waals surface area contributed by atoms with Crippen molar-refractivity contribution in [3.8, 4) is 0 Å². The Morgan fingerprint density at radius 1 is 1.10 bits per heavy atom. The Morgan fingerprint density at radius 2 is 1.90 bits per heavy atom. The average Bonchev–Trinajstić information content (AvgIpc) is 3.24. The fourth-order valence-electron chi connectivity index (χ4n) is 3.22. The Bertz CT molecular complexity index is 1250. The normalized spacial score (nSPS) is 11.2. The number of carbonyl (C=O) groups is 1. The molecule has 1 amide bonds. The van der Waals surface area contributed by atoms with E-state index in [1.807, 2.05) is 19.9 Å². The number of rotatable bonds is 5. The second kappa shape index (κ2) is 7.91. The summed E-state index contributed by atoms with van der Waals surface area (Å²) in [6.07, 6.45) is 0. The summed E-state index contributed by atoms with van der Waals surface area (Å²) in [5, 5.41) is 4.58. The second-order valence-electron chi connectivity index (χ2n) is 6.85. The van der Waals surface area contributed by atoms with Crippen molar-refractivity contribution in [3.05, 3.63) is 76.9 Å². The molecule has 2 aromatic heterocycles. The summed E-state index contributed by atoms with van der Waals surface area (Å²) in [4.78, 5) is 18.7. The summed E-state index contributed by atoms with van der Waals surface area (Å²) in [6.45, 7) is 4.29. The molecular weight excluding hydrogens is 413 g/mol. The van der Waals surface area contributed by atoms with E-state index in [2.05, 4.69) is 10.1 Å². The molecule has 9 heteroatoms. The van der Waals surface area contributed by atoms with Crippen LogP contribution in [-0.2, 0) is 6.54 Å². The van der Waals surface area contributed by atoms with Crippen molar-refractivity contribution in [2.75, 3.05) is 11.4 Å². The van der Waals surface area contributed by atoms with Crippen LogP contribution in [0.1, 0.15) is 21.7 Å². The number of halogens is 3. The molecule has 0 aliphatic carbocycles. The highest BCUT2D eigenvalue weighted by Crippen LogP contribution is 2.32. The summed E-state index contributed by atoms with van der Waals surface area (Å²) in [7, 11) is 0. The lowest BCUT2D eigenvalue weighted by Crippen LogP contribution is -2.34. The summed E-state index contributed by atoms with van der Waals surface area (Å²) in [5.74, 6) is -2.56. The number of hydrogen-bond donors (Lipinski definition) is 0. The van der Waals surface area contributed by atoms with E-state index in [0.717, 1.165) is 34.9 Å². The van der Waals surface area contributed by atoms with E-state index in [-0.39, 0.29) is 27.5 Å². The summed E-state index contributed by atoms with van der Waals surface area (Å²) < 4.78 is 43.4. The van der Waals surface area contributed by atoms with E-state index in [0.29, 0.717) is 6.54 Å². The zero-order chi connectivity index (χ0) is 21.4. The molecule has 0 aliphatic heterocycles. The van der Waals surface area contributed by atoms with Crippen LogP contribution in [0.25, 0.3) is 10.2 Å². The van der Waals surface area contributed by atoms with Crippen molar-refractivity contribution in [1.82, 2.24) is 14.8 Å². The maximum absolute atomic E-state index is 14.1. The number of aromatic nitrogens is 3. The Labute approximate surface area is 174 Å². The van der Waals surface area contributed by atoms with Gasteiger partial charge >= 0.3 is 0 Å². The van der Waals surface area contributed by atoms with Gasteiger partial charge in [-0.05, 0) is 44.2 Å². The highest BCUT2D eigenvalue weighted by molar-refractivity contribution is 7.22. The topological polar surface area (TPSA) is 51.0 Å². The zero-order valence-corrected chi connectivity index (χ0v) is 17.0. The van der Waals surface area contributed by atoms with Gasteiger partial charge in [-0.15, -0.1) is 0 Å². The van der Waals surface area contributed by atoms with Gasteiger partial charge in [0.2, 0.25) is 0 Å². The number of nitrogens with zero attached hydrogens (tertiary/aromatic N) is 4. The molecule has 0 N–H and O–H groups in total. The van der Waals surface area contributed by atoms with Gasteiger partial charge in [0.1, 0.15) is 17.2 Å². The lowest BCUT2D eigenvalue weighted by Gasteiger charge is -2.20. The predicted molar refractivity (Wildman–Crippen MR) is 109 cm³/mol. The minimum atomic E-state index is -0.802. The summed E-state index contributed by atoms with van der Waals surface area (Å²) >= 11 is 0.996. The van der Waals surface area contributed by atoms with Crippen LogP contribution in [0.4, 0.5) is 18.3 Å². The molecule has 0 spiro atoms. The maximum atomic E-state index is 14.1. The Kier molecular flexibility index (Phi) is 5.29. The fraction of sp³-hybridized carbons (Fsp3) is 0.190. The number of fused-ring (bicyclic) bond motifs is 1. The first kappa shape index (κ1) is 20.1. The van der Waals surface area contributed by atoms with Crippen LogP contribution in [0.15, 0.2) is 42.5 Å². The highest BCUT2D eigenvalue weighted by Gasteiger charge is 2.23. The van der Waals surface area contributed by atoms with Crippen LogP contribution in [0.5, 0.6) is 0 Å². The third-order valence-corrected chi connectivity index (χ3v) is 5.61. The number of thiazole rings is 1. The van der Waals surface area contributed by atoms with Crippen molar-refractivity contribution in [2.45, 2.75) is 20.4 Å². The van der Waals surface area contributed by atoms with Crippen LogP contribution < -0.4 is 4.90 Å². The molecule has 5 nitrogen and oxygen atoms in total. The molecule has 154 valence electrons. The van der Waals surface area contributed by atoms with E-state index >= 15 is 0 Å². The van der Waals surface area contributed by atoms with Gasteiger partial charge in [-0.25, -0.2) is 18.2 Å². The number of aryl methyl sites for hydroxylation is 2. The van der Waals surface area contributed by atoms with Crippen molar-refractivity contribution < 1.29 is 18.0 Å². The average molecular weight is 430 g/mol. The molecule has 0 fully saturated rings. The maximum Gasteiger partial charge on any atom is 0.260 e. The molecule has 30 heavy (non-hydrogen) atoms. The van der Waals surface area contributed by atoms with Crippen LogP contribution in [-0.4, -0.2) is 27.2 Å². The number of benzene rings is 2. The first-order valence-electron chi connectivity index (χ1n) is 9.16. The molecule has 0 saturated carbocycles. The first-order chi connectivity index (χ1) is 14.3. The smallest absolute Gasteiger partial charge is 0.260 e. The van der Waals surface area contributed by atoms with Crippen molar-refractivity contribution in [2.24, 2.45) is 0 Å². The molecule has 4 rings (SSSR count). The summed E-state index contributed by atoms with van der Waals surface area (Å²) in [5.41, 5.74) is 1.88. The van der Waals surface area contributed by atoms with Crippen molar-refractivity contribution in [1.29, 1.82) is 0 Å². The minimum Gasteiger partial charge on any atom is -0.282 e. The van der Waals surface area contributed by atoms with Gasteiger partial charge in [-0.3, -0.25) is 14.4 Å². The Balaban J connectivity index is 1.73. The van der Waals surface area contributed by atoms with E-state index in [9.17, 15) is 18.0 Å². The van der Waals surface area contributed by atoms with Gasteiger partial charge < -0.3 is 0 Å². The molecule has 0 unspecified atom stereocenters. The van der Waals surface area contributed by atoms with Crippen molar-refractivity contribution in [3.63, 3.8) is 0 Å². The lowest BCUT2D eigenvalue weighted by atomic mass is 10.2. The molecule has 4 aromatic rings. The molecule has 0 radical (unpaired) electrons. The quantitative estimate of drug-likeness (QED) is 0.454. The standard InChI is InChI=1S/C21H17F3N4OS/c1-12-8-13(2)28(26-12)7-6-27(20(29)14-4-3-5-15(22)9-14)21-25-19-17(24)10-16(23)11-18(19)30-21/h3-5,8-11H,6-7H2,1-2H3.